The fourth-order valence-corrected chi connectivity index (χ4v) is 10.2. The van der Waals surface area contributed by atoms with Crippen molar-refractivity contribution in [1.29, 1.82) is 0 Å². The summed E-state index contributed by atoms with van der Waals surface area (Å²) in [6, 6.07) is 32.2. The molecule has 0 aliphatic rings. The van der Waals surface area contributed by atoms with E-state index in [1.807, 2.05) is 6.07 Å². The third-order valence-corrected chi connectivity index (χ3v) is 12.0. The van der Waals surface area contributed by atoms with E-state index in [9.17, 15) is 0 Å². The van der Waals surface area contributed by atoms with Gasteiger partial charge in [0.1, 0.15) is 0 Å². The van der Waals surface area contributed by atoms with Gasteiger partial charge in [-0.05, 0) is 37.7 Å². The second-order valence-corrected chi connectivity index (χ2v) is 15.1. The highest BCUT2D eigenvalue weighted by Gasteiger charge is 2.51. The van der Waals surface area contributed by atoms with Crippen molar-refractivity contribution in [2.75, 3.05) is 11.0 Å². The van der Waals surface area contributed by atoms with Crippen LogP contribution in [0, 0.1) is 5.92 Å². The molecule has 0 aliphatic heterocycles. The third-order valence-electron chi connectivity index (χ3n) is 6.34. The first kappa shape index (κ1) is 26.1. The molecule has 2 atom stereocenters. The minimum atomic E-state index is -2.62. The zero-order chi connectivity index (χ0) is 23.7. The molecular weight excluding hydrogens is 535 g/mol. The first-order chi connectivity index (χ1) is 15.9. The van der Waals surface area contributed by atoms with Gasteiger partial charge in [-0.1, -0.05) is 141 Å². The molecule has 0 bridgehead atoms. The van der Waals surface area contributed by atoms with E-state index in [0.717, 1.165) is 10.8 Å². The van der Waals surface area contributed by atoms with Gasteiger partial charge in [0.05, 0.1) is 19.3 Å². The molecule has 3 aromatic carbocycles. The third kappa shape index (κ3) is 6.56. The maximum absolute atomic E-state index is 7.44. The van der Waals surface area contributed by atoms with E-state index in [2.05, 4.69) is 135 Å². The van der Waals surface area contributed by atoms with Gasteiger partial charge >= 0.3 is 0 Å². The number of halogens is 1. The Morgan fingerprint density at radius 1 is 0.788 bits per heavy atom. The second-order valence-electron chi connectivity index (χ2n) is 9.78. The molecule has 0 N–H and O–H groups in total. The fraction of sp³-hybridized carbons (Fsp3) is 0.379. The quantitative estimate of drug-likeness (QED) is 0.146. The maximum atomic E-state index is 7.44. The van der Waals surface area contributed by atoms with Gasteiger partial charge in [-0.25, -0.2) is 0 Å². The van der Waals surface area contributed by atoms with Gasteiger partial charge in [0.15, 0.2) is 0 Å². The second kappa shape index (κ2) is 12.3. The molecule has 0 spiro atoms. The molecule has 0 saturated heterocycles. The van der Waals surface area contributed by atoms with Crippen LogP contribution in [0.25, 0.3) is 0 Å². The van der Waals surface area contributed by atoms with E-state index < -0.39 is 8.32 Å². The first-order valence-electron chi connectivity index (χ1n) is 11.8. The van der Waals surface area contributed by atoms with Gasteiger partial charge in [-0.3, -0.25) is 0 Å². The van der Waals surface area contributed by atoms with E-state index in [-0.39, 0.29) is 11.1 Å². The zero-order valence-corrected chi connectivity index (χ0v) is 23.5. The molecule has 2 nitrogen and oxygen atoms in total. The number of alkyl halides is 1. The van der Waals surface area contributed by atoms with Gasteiger partial charge < -0.3 is 9.16 Å². The van der Waals surface area contributed by atoms with E-state index in [0.29, 0.717) is 19.1 Å². The van der Waals surface area contributed by atoms with Gasteiger partial charge in [0, 0.05) is 0 Å². The molecule has 176 valence electrons. The zero-order valence-electron chi connectivity index (χ0n) is 20.3. The Kier molecular flexibility index (Phi) is 9.74. The lowest BCUT2D eigenvalue weighted by Crippen LogP contribution is -2.68. The minimum absolute atomic E-state index is 0.0229. The Hall–Kier alpha value is -1.47. The molecule has 0 heterocycles. The van der Waals surface area contributed by atoms with Crippen LogP contribution < -0.4 is 10.4 Å². The normalized spacial score (nSPS) is 14.1. The summed E-state index contributed by atoms with van der Waals surface area (Å²) in [4.78, 5) is 0. The summed E-state index contributed by atoms with van der Waals surface area (Å²) in [5, 5.41) is 2.59. The molecule has 33 heavy (non-hydrogen) atoms. The van der Waals surface area contributed by atoms with E-state index in [1.165, 1.54) is 15.9 Å². The number of hydrogen-bond donors (Lipinski definition) is 0. The summed E-state index contributed by atoms with van der Waals surface area (Å²) in [5.41, 5.74) is 1.20. The Morgan fingerprint density at radius 3 is 1.73 bits per heavy atom. The molecule has 0 aromatic heterocycles. The summed E-state index contributed by atoms with van der Waals surface area (Å²) >= 11 is 2.47. The van der Waals surface area contributed by atoms with Gasteiger partial charge in [0.25, 0.3) is 8.32 Å². The van der Waals surface area contributed by atoms with Crippen LogP contribution in [0.5, 0.6) is 0 Å². The van der Waals surface area contributed by atoms with Crippen molar-refractivity contribution in [2.45, 2.75) is 51.9 Å². The molecule has 0 saturated carbocycles. The molecule has 4 heteroatoms. The fourth-order valence-electron chi connectivity index (χ4n) is 4.46. The monoisotopic (exact) mass is 572 g/mol. The lowest BCUT2D eigenvalue weighted by Gasteiger charge is -2.46. The number of ether oxygens (including phenoxy) is 1. The van der Waals surface area contributed by atoms with Crippen LogP contribution in [-0.4, -0.2) is 25.5 Å². The molecule has 0 fully saturated rings. The highest BCUT2D eigenvalue weighted by Crippen LogP contribution is 2.38. The van der Waals surface area contributed by atoms with Gasteiger partial charge in [-0.2, -0.15) is 0 Å². The standard InChI is InChI=1S/C29H37IO2Si/c1-24(20-21-30)28(23-31-22-25-14-8-5-9-15-25)32-33(29(2,3)4,26-16-10-6-11-17-26)27-18-12-7-13-19-27/h5-19,24,28H,20-23H2,1-4H3/t24-,28+/m0/s1. The van der Waals surface area contributed by atoms with Crippen molar-refractivity contribution in [3.63, 3.8) is 0 Å². The maximum Gasteiger partial charge on any atom is 0.261 e. The van der Waals surface area contributed by atoms with Crippen molar-refractivity contribution in [3.05, 3.63) is 96.6 Å². The van der Waals surface area contributed by atoms with Crippen molar-refractivity contribution in [2.24, 2.45) is 5.92 Å². The molecular formula is C29H37IO2Si. The Balaban J connectivity index is 1.99. The SMILES string of the molecule is C[C@@H](CCI)[C@@H](COCc1ccccc1)O[Si](c1ccccc1)(c1ccccc1)C(C)(C)C. The molecule has 0 unspecified atom stereocenters. The van der Waals surface area contributed by atoms with Crippen molar-refractivity contribution < 1.29 is 9.16 Å². The summed E-state index contributed by atoms with van der Waals surface area (Å²) in [7, 11) is -2.62. The highest BCUT2D eigenvalue weighted by molar-refractivity contribution is 14.1. The van der Waals surface area contributed by atoms with Crippen LogP contribution in [0.2, 0.25) is 5.04 Å². The first-order valence-corrected chi connectivity index (χ1v) is 15.3. The van der Waals surface area contributed by atoms with Gasteiger partial charge in [-0.15, -0.1) is 0 Å². The smallest absolute Gasteiger partial charge is 0.261 e. The molecule has 0 amide bonds. The van der Waals surface area contributed by atoms with Crippen LogP contribution in [-0.2, 0) is 15.8 Å². The number of hydrogen-bond acceptors (Lipinski definition) is 2. The number of benzene rings is 3. The molecule has 0 radical (unpaired) electrons. The lowest BCUT2D eigenvalue weighted by molar-refractivity contribution is 0.0107. The van der Waals surface area contributed by atoms with E-state index in [1.54, 1.807) is 0 Å². The van der Waals surface area contributed by atoms with Crippen LogP contribution in [0.1, 0.15) is 39.7 Å². The summed E-state index contributed by atoms with van der Waals surface area (Å²) < 4.78 is 14.8. The molecule has 0 aliphatic carbocycles. The minimum Gasteiger partial charge on any atom is -0.402 e. The topological polar surface area (TPSA) is 18.5 Å². The highest BCUT2D eigenvalue weighted by atomic mass is 127. The van der Waals surface area contributed by atoms with Crippen molar-refractivity contribution in [3.8, 4) is 0 Å². The predicted molar refractivity (Wildman–Crippen MR) is 151 cm³/mol. The van der Waals surface area contributed by atoms with Crippen LogP contribution >= 0.6 is 22.6 Å². The van der Waals surface area contributed by atoms with Crippen LogP contribution in [0.15, 0.2) is 91.0 Å². The average Bonchev–Trinajstić information content (AvgIpc) is 2.82. The van der Waals surface area contributed by atoms with E-state index in [4.69, 9.17) is 9.16 Å². The Bertz CT molecular complexity index is 902. The Labute approximate surface area is 215 Å². The summed E-state index contributed by atoms with van der Waals surface area (Å²) in [6.07, 6.45) is 1.13. The summed E-state index contributed by atoms with van der Waals surface area (Å²) in [6.45, 7) is 10.5. The van der Waals surface area contributed by atoms with Crippen LogP contribution in [0.3, 0.4) is 0 Å². The average molecular weight is 573 g/mol. The molecule has 3 rings (SSSR count). The molecule has 3 aromatic rings. The van der Waals surface area contributed by atoms with Crippen molar-refractivity contribution >= 4 is 41.3 Å². The number of rotatable bonds is 11. The van der Waals surface area contributed by atoms with Gasteiger partial charge in [0.2, 0.25) is 0 Å². The van der Waals surface area contributed by atoms with Crippen LogP contribution in [0.4, 0.5) is 0 Å². The van der Waals surface area contributed by atoms with E-state index >= 15 is 0 Å². The predicted octanol–water partition coefficient (Wildman–Crippen LogP) is 6.61. The summed E-state index contributed by atoms with van der Waals surface area (Å²) in [5.74, 6) is 0.402. The largest absolute Gasteiger partial charge is 0.402 e. The van der Waals surface area contributed by atoms with Crippen molar-refractivity contribution in [1.82, 2.24) is 0 Å². The Morgan fingerprint density at radius 2 is 1.27 bits per heavy atom. The lowest BCUT2D eigenvalue weighted by atomic mass is 10.0.